The van der Waals surface area contributed by atoms with Crippen molar-refractivity contribution < 1.29 is 19.5 Å². The summed E-state index contributed by atoms with van der Waals surface area (Å²) in [6.07, 6.45) is 3.48. The Morgan fingerprint density at radius 3 is 2.08 bits per heavy atom. The molecule has 4 nitrogen and oxygen atoms in total. The fraction of sp³-hybridized carbons (Fsp3) is 1.00. The highest BCUT2D eigenvalue weighted by Crippen LogP contribution is 2.43. The maximum atomic E-state index is 10.6. The van der Waals surface area contributed by atoms with Crippen LogP contribution in [0.4, 0.5) is 0 Å². The summed E-state index contributed by atoms with van der Waals surface area (Å²) in [4.78, 5) is 17.4. The molecule has 0 amide bonds. The average molecular weight is 194 g/mol. The smallest absolute Gasteiger partial charge is 0.328 e. The Labute approximate surface area is 71.8 Å². The van der Waals surface area contributed by atoms with Gasteiger partial charge in [-0.15, -0.1) is 0 Å². The van der Waals surface area contributed by atoms with E-state index >= 15 is 0 Å². The molecule has 0 bridgehead atoms. The molecule has 1 aliphatic rings. The summed E-state index contributed by atoms with van der Waals surface area (Å²) in [6.45, 7) is 0. The van der Waals surface area contributed by atoms with Gasteiger partial charge in [-0.2, -0.15) is 0 Å². The van der Waals surface area contributed by atoms with E-state index in [-0.39, 0.29) is 6.16 Å². The molecule has 3 N–H and O–H groups in total. The summed E-state index contributed by atoms with van der Waals surface area (Å²) >= 11 is 0. The number of hydrogen-bond donors (Lipinski definition) is 3. The van der Waals surface area contributed by atoms with Gasteiger partial charge in [0.15, 0.2) is 0 Å². The third-order valence-corrected chi connectivity index (χ3v) is 3.29. The van der Waals surface area contributed by atoms with E-state index in [4.69, 9.17) is 9.79 Å². The first-order valence-corrected chi connectivity index (χ1v) is 5.98. The van der Waals surface area contributed by atoms with E-state index in [1.54, 1.807) is 0 Å². The monoisotopic (exact) mass is 194 g/mol. The van der Waals surface area contributed by atoms with E-state index in [0.717, 1.165) is 19.3 Å². The Hall–Kier alpha value is 0.110. The fourth-order valence-electron chi connectivity index (χ4n) is 1.75. The zero-order valence-electron chi connectivity index (χ0n) is 6.94. The van der Waals surface area contributed by atoms with Gasteiger partial charge < -0.3 is 14.9 Å². The normalized spacial score (nSPS) is 23.9. The lowest BCUT2D eigenvalue weighted by Crippen LogP contribution is -2.35. The van der Waals surface area contributed by atoms with E-state index in [9.17, 15) is 9.67 Å². The van der Waals surface area contributed by atoms with Crippen molar-refractivity contribution >= 4 is 7.60 Å². The van der Waals surface area contributed by atoms with Crippen LogP contribution in [0.25, 0.3) is 0 Å². The van der Waals surface area contributed by atoms with Gasteiger partial charge in [-0.25, -0.2) is 0 Å². The molecule has 1 saturated carbocycles. The van der Waals surface area contributed by atoms with Crippen molar-refractivity contribution in [1.29, 1.82) is 0 Å². The second-order valence-electron chi connectivity index (χ2n) is 3.61. The maximum Gasteiger partial charge on any atom is 0.328 e. The van der Waals surface area contributed by atoms with Gasteiger partial charge in [0, 0.05) is 0 Å². The quantitative estimate of drug-likeness (QED) is 0.570. The Morgan fingerprint density at radius 2 is 1.67 bits per heavy atom. The zero-order valence-corrected chi connectivity index (χ0v) is 7.83. The van der Waals surface area contributed by atoms with E-state index in [0.29, 0.717) is 12.8 Å². The molecule has 72 valence electrons. The van der Waals surface area contributed by atoms with Crippen LogP contribution in [0.15, 0.2) is 0 Å². The molecule has 0 spiro atoms. The molecule has 0 aromatic heterocycles. The predicted molar refractivity (Wildman–Crippen MR) is 44.9 cm³/mol. The lowest BCUT2D eigenvalue weighted by Gasteiger charge is -2.31. The number of rotatable bonds is 2. The summed E-state index contributed by atoms with van der Waals surface area (Å²) in [5, 5.41) is 9.71. The van der Waals surface area contributed by atoms with Crippen LogP contribution in [0.2, 0.25) is 0 Å². The van der Waals surface area contributed by atoms with E-state index in [2.05, 4.69) is 0 Å². The van der Waals surface area contributed by atoms with Crippen molar-refractivity contribution in [2.75, 3.05) is 6.16 Å². The van der Waals surface area contributed by atoms with Crippen LogP contribution >= 0.6 is 7.60 Å². The first-order valence-electron chi connectivity index (χ1n) is 4.18. The van der Waals surface area contributed by atoms with Gasteiger partial charge >= 0.3 is 7.60 Å². The molecule has 0 saturated heterocycles. The number of aliphatic hydroxyl groups is 1. The van der Waals surface area contributed by atoms with Crippen LogP contribution in [0.1, 0.15) is 32.1 Å². The minimum absolute atomic E-state index is 0.375. The van der Waals surface area contributed by atoms with Crippen molar-refractivity contribution in [2.45, 2.75) is 37.7 Å². The molecule has 0 radical (unpaired) electrons. The SMILES string of the molecule is O=P(O)(O)CC1(O)CCCCC1. The molecule has 0 unspecified atom stereocenters. The van der Waals surface area contributed by atoms with Crippen LogP contribution in [-0.4, -0.2) is 26.7 Å². The van der Waals surface area contributed by atoms with Gasteiger partial charge in [-0.1, -0.05) is 19.3 Å². The van der Waals surface area contributed by atoms with Crippen LogP contribution in [0.3, 0.4) is 0 Å². The molecule has 0 aromatic carbocycles. The molecule has 1 rings (SSSR count). The van der Waals surface area contributed by atoms with Gasteiger partial charge in [0.25, 0.3) is 0 Å². The lowest BCUT2D eigenvalue weighted by molar-refractivity contribution is 0.0217. The Kier molecular flexibility index (Phi) is 2.94. The van der Waals surface area contributed by atoms with Crippen LogP contribution in [-0.2, 0) is 4.57 Å². The van der Waals surface area contributed by atoms with Gasteiger partial charge in [0.2, 0.25) is 0 Å². The summed E-state index contributed by atoms with van der Waals surface area (Å²) in [5.74, 6) is 0. The summed E-state index contributed by atoms with van der Waals surface area (Å²) in [6, 6.07) is 0. The summed E-state index contributed by atoms with van der Waals surface area (Å²) in [7, 11) is -4.05. The third-order valence-electron chi connectivity index (χ3n) is 2.28. The Balaban J connectivity index is 2.53. The Bertz CT molecular complexity index is 192. The van der Waals surface area contributed by atoms with E-state index in [1.807, 2.05) is 0 Å². The van der Waals surface area contributed by atoms with Gasteiger partial charge in [0.1, 0.15) is 0 Å². The second kappa shape index (κ2) is 3.46. The third kappa shape index (κ3) is 3.23. The van der Waals surface area contributed by atoms with Crippen molar-refractivity contribution in [2.24, 2.45) is 0 Å². The highest BCUT2D eigenvalue weighted by Gasteiger charge is 2.35. The molecular formula is C7H15O4P. The molecule has 0 atom stereocenters. The average Bonchev–Trinajstić information content (AvgIpc) is 1.83. The van der Waals surface area contributed by atoms with Crippen molar-refractivity contribution in [3.63, 3.8) is 0 Å². The number of hydrogen-bond acceptors (Lipinski definition) is 2. The fourth-order valence-corrected chi connectivity index (χ4v) is 2.83. The van der Waals surface area contributed by atoms with Gasteiger partial charge in [-0.3, -0.25) is 4.57 Å². The zero-order chi connectivity index (χ0) is 9.24. The molecule has 1 aliphatic carbocycles. The minimum Gasteiger partial charge on any atom is -0.389 e. The molecule has 0 heterocycles. The van der Waals surface area contributed by atoms with Gasteiger partial charge in [0.05, 0.1) is 11.8 Å². The largest absolute Gasteiger partial charge is 0.389 e. The second-order valence-corrected chi connectivity index (χ2v) is 5.25. The lowest BCUT2D eigenvalue weighted by atomic mass is 9.86. The molecular weight excluding hydrogens is 179 g/mol. The first-order chi connectivity index (χ1) is 5.41. The van der Waals surface area contributed by atoms with Crippen molar-refractivity contribution in [3.05, 3.63) is 0 Å². The van der Waals surface area contributed by atoms with E-state index in [1.165, 1.54) is 0 Å². The topological polar surface area (TPSA) is 77.8 Å². The van der Waals surface area contributed by atoms with Crippen molar-refractivity contribution in [3.8, 4) is 0 Å². The minimum atomic E-state index is -4.05. The molecule has 12 heavy (non-hydrogen) atoms. The summed E-state index contributed by atoms with van der Waals surface area (Å²) in [5.41, 5.74) is -1.10. The maximum absolute atomic E-state index is 10.6. The highest BCUT2D eigenvalue weighted by atomic mass is 31.2. The molecule has 0 aromatic rings. The molecule has 1 fully saturated rings. The van der Waals surface area contributed by atoms with Gasteiger partial charge in [-0.05, 0) is 12.8 Å². The summed E-state index contributed by atoms with van der Waals surface area (Å²) < 4.78 is 10.6. The molecule has 0 aliphatic heterocycles. The van der Waals surface area contributed by atoms with Crippen molar-refractivity contribution in [1.82, 2.24) is 0 Å². The molecule has 5 heteroatoms. The van der Waals surface area contributed by atoms with Crippen LogP contribution in [0.5, 0.6) is 0 Å². The first kappa shape index (κ1) is 10.2. The standard InChI is InChI=1S/C7H15O4P/c8-7(6-12(9,10)11)4-2-1-3-5-7/h8H,1-6H2,(H2,9,10,11). The Morgan fingerprint density at radius 1 is 1.17 bits per heavy atom. The van der Waals surface area contributed by atoms with Crippen LogP contribution in [0, 0.1) is 0 Å². The van der Waals surface area contributed by atoms with Crippen LogP contribution < -0.4 is 0 Å². The highest BCUT2D eigenvalue weighted by molar-refractivity contribution is 7.51. The predicted octanol–water partition coefficient (Wildman–Crippen LogP) is 0.859. The van der Waals surface area contributed by atoms with E-state index < -0.39 is 13.2 Å².